The molecule has 0 aromatic rings. The molecule has 2 nitrogen and oxygen atoms in total. The van der Waals surface area contributed by atoms with Crippen molar-refractivity contribution in [2.75, 3.05) is 13.2 Å². The van der Waals surface area contributed by atoms with Crippen molar-refractivity contribution in [3.63, 3.8) is 0 Å². The van der Waals surface area contributed by atoms with Crippen molar-refractivity contribution in [2.24, 2.45) is 0 Å². The molecule has 0 aromatic heterocycles. The van der Waals surface area contributed by atoms with E-state index in [9.17, 15) is 0 Å². The number of hydrogen-bond acceptors (Lipinski definition) is 2. The van der Waals surface area contributed by atoms with Gasteiger partial charge in [-0.3, -0.25) is 0 Å². The van der Waals surface area contributed by atoms with Crippen LogP contribution in [-0.2, 0) is 9.47 Å². The van der Waals surface area contributed by atoms with Crippen LogP contribution in [0.2, 0.25) is 0 Å². The third kappa shape index (κ3) is 24.9. The topological polar surface area (TPSA) is 18.5 Å². The molecule has 0 unspecified atom stereocenters. The van der Waals surface area contributed by atoms with Crippen LogP contribution in [0.3, 0.4) is 0 Å². The SMILES string of the molecule is C.C.C.CC(C)(C)OCCOC(C)(C)C. The minimum absolute atomic E-state index is 0. The molecule has 0 bridgehead atoms. The van der Waals surface area contributed by atoms with Crippen molar-refractivity contribution < 1.29 is 9.47 Å². The Morgan fingerprint density at radius 3 is 0.933 bits per heavy atom. The number of hydrogen-bond donors (Lipinski definition) is 0. The fourth-order valence-corrected chi connectivity index (χ4v) is 0.696. The molecular formula is C13H34O2. The predicted octanol–water partition coefficient (Wildman–Crippen LogP) is 4.52. The molecule has 0 aliphatic heterocycles. The second-order valence-electron chi connectivity index (χ2n) is 4.92. The van der Waals surface area contributed by atoms with Gasteiger partial charge in [-0.25, -0.2) is 0 Å². The first kappa shape index (κ1) is 24.2. The lowest BCUT2D eigenvalue weighted by atomic mass is 10.2. The Morgan fingerprint density at radius 1 is 0.600 bits per heavy atom. The second kappa shape index (κ2) is 9.17. The minimum Gasteiger partial charge on any atom is -0.373 e. The summed E-state index contributed by atoms with van der Waals surface area (Å²) in [5.74, 6) is 0. The summed E-state index contributed by atoms with van der Waals surface area (Å²) in [6, 6.07) is 0. The molecule has 0 aliphatic rings. The fourth-order valence-electron chi connectivity index (χ4n) is 0.696. The summed E-state index contributed by atoms with van der Waals surface area (Å²) in [5.41, 5.74) is -0.109. The van der Waals surface area contributed by atoms with Crippen molar-refractivity contribution in [3.8, 4) is 0 Å². The maximum atomic E-state index is 5.50. The van der Waals surface area contributed by atoms with E-state index in [0.29, 0.717) is 13.2 Å². The molecular weight excluding hydrogens is 188 g/mol. The predicted molar refractivity (Wildman–Crippen MR) is 71.6 cm³/mol. The Morgan fingerprint density at radius 2 is 0.800 bits per heavy atom. The summed E-state index contributed by atoms with van der Waals surface area (Å²) in [4.78, 5) is 0. The third-order valence-corrected chi connectivity index (χ3v) is 1.15. The largest absolute Gasteiger partial charge is 0.373 e. The monoisotopic (exact) mass is 222 g/mol. The van der Waals surface area contributed by atoms with Crippen molar-refractivity contribution in [1.82, 2.24) is 0 Å². The Bertz CT molecular complexity index is 101. The summed E-state index contributed by atoms with van der Waals surface area (Å²) in [6.07, 6.45) is 0. The van der Waals surface area contributed by atoms with Gasteiger partial charge in [-0.15, -0.1) is 0 Å². The van der Waals surface area contributed by atoms with Gasteiger partial charge in [0.25, 0.3) is 0 Å². The average molecular weight is 222 g/mol. The maximum Gasteiger partial charge on any atom is 0.0707 e. The molecule has 0 aromatic carbocycles. The van der Waals surface area contributed by atoms with E-state index in [1.807, 2.05) is 41.5 Å². The molecule has 0 saturated carbocycles. The van der Waals surface area contributed by atoms with Gasteiger partial charge in [0.05, 0.1) is 24.4 Å². The van der Waals surface area contributed by atoms with Gasteiger partial charge in [-0.05, 0) is 41.5 Å². The van der Waals surface area contributed by atoms with Crippen LogP contribution in [0.1, 0.15) is 63.8 Å². The van der Waals surface area contributed by atoms with Gasteiger partial charge >= 0.3 is 0 Å². The Hall–Kier alpha value is -0.0800. The van der Waals surface area contributed by atoms with Crippen molar-refractivity contribution in [3.05, 3.63) is 0 Å². The highest BCUT2D eigenvalue weighted by atomic mass is 16.5. The highest BCUT2D eigenvalue weighted by molar-refractivity contribution is 4.60. The van der Waals surface area contributed by atoms with E-state index in [0.717, 1.165) is 0 Å². The van der Waals surface area contributed by atoms with E-state index < -0.39 is 0 Å². The molecule has 0 saturated heterocycles. The normalized spacial score (nSPS) is 10.8. The molecule has 15 heavy (non-hydrogen) atoms. The Labute approximate surface area is 98.4 Å². The molecule has 0 fully saturated rings. The second-order valence-corrected chi connectivity index (χ2v) is 4.92. The van der Waals surface area contributed by atoms with Gasteiger partial charge in [0.2, 0.25) is 0 Å². The third-order valence-electron chi connectivity index (χ3n) is 1.15. The fraction of sp³-hybridized carbons (Fsp3) is 1.00. The summed E-state index contributed by atoms with van der Waals surface area (Å²) in [6.45, 7) is 13.6. The van der Waals surface area contributed by atoms with Gasteiger partial charge in [0.15, 0.2) is 0 Å². The molecule has 0 N–H and O–H groups in total. The van der Waals surface area contributed by atoms with Gasteiger partial charge in [0.1, 0.15) is 0 Å². The van der Waals surface area contributed by atoms with Crippen LogP contribution in [-0.4, -0.2) is 24.4 Å². The molecule has 0 radical (unpaired) electrons. The maximum absolute atomic E-state index is 5.50. The molecule has 0 rings (SSSR count). The molecule has 2 heteroatoms. The van der Waals surface area contributed by atoms with Crippen molar-refractivity contribution in [1.29, 1.82) is 0 Å². The highest BCUT2D eigenvalue weighted by Crippen LogP contribution is 2.09. The summed E-state index contributed by atoms with van der Waals surface area (Å²) in [7, 11) is 0. The number of ether oxygens (including phenoxy) is 2. The molecule has 0 aliphatic carbocycles. The summed E-state index contributed by atoms with van der Waals surface area (Å²) in [5, 5.41) is 0. The van der Waals surface area contributed by atoms with E-state index in [4.69, 9.17) is 9.47 Å². The van der Waals surface area contributed by atoms with Crippen molar-refractivity contribution in [2.45, 2.75) is 75.0 Å². The van der Waals surface area contributed by atoms with Crippen LogP contribution >= 0.6 is 0 Å². The first-order valence-electron chi connectivity index (χ1n) is 4.49. The first-order valence-corrected chi connectivity index (χ1v) is 4.49. The van der Waals surface area contributed by atoms with Gasteiger partial charge < -0.3 is 9.47 Å². The zero-order valence-corrected chi connectivity index (χ0v) is 9.23. The van der Waals surface area contributed by atoms with Gasteiger partial charge in [0, 0.05) is 0 Å². The van der Waals surface area contributed by atoms with E-state index in [1.165, 1.54) is 0 Å². The van der Waals surface area contributed by atoms with Crippen LogP contribution in [0.15, 0.2) is 0 Å². The van der Waals surface area contributed by atoms with Crippen molar-refractivity contribution >= 4 is 0 Å². The smallest absolute Gasteiger partial charge is 0.0707 e. The van der Waals surface area contributed by atoms with E-state index in [1.54, 1.807) is 0 Å². The van der Waals surface area contributed by atoms with Crippen LogP contribution < -0.4 is 0 Å². The molecule has 0 atom stereocenters. The highest BCUT2D eigenvalue weighted by Gasteiger charge is 2.12. The van der Waals surface area contributed by atoms with Crippen LogP contribution in [0.5, 0.6) is 0 Å². The number of rotatable bonds is 3. The average Bonchev–Trinajstić information content (AvgIpc) is 1.76. The lowest BCUT2D eigenvalue weighted by Gasteiger charge is -2.23. The lowest BCUT2D eigenvalue weighted by Crippen LogP contribution is -2.26. The first-order chi connectivity index (χ1) is 5.21. The molecule has 0 heterocycles. The van der Waals surface area contributed by atoms with Crippen LogP contribution in [0.4, 0.5) is 0 Å². The zero-order chi connectivity index (χ0) is 9.83. The molecule has 98 valence electrons. The summed E-state index contributed by atoms with van der Waals surface area (Å²) < 4.78 is 11.0. The Kier molecular flexibility index (Phi) is 14.8. The van der Waals surface area contributed by atoms with E-state index >= 15 is 0 Å². The van der Waals surface area contributed by atoms with Gasteiger partial charge in [-0.2, -0.15) is 0 Å². The molecule has 0 spiro atoms. The standard InChI is InChI=1S/C10H22O2.3CH4/c1-9(2,3)11-7-8-12-10(4,5)6;;;/h7-8H2,1-6H3;3*1H4. The van der Waals surface area contributed by atoms with Gasteiger partial charge in [-0.1, -0.05) is 22.3 Å². The van der Waals surface area contributed by atoms with E-state index in [2.05, 4.69) is 0 Å². The minimum atomic E-state index is -0.0543. The molecule has 0 amide bonds. The van der Waals surface area contributed by atoms with Crippen LogP contribution in [0.25, 0.3) is 0 Å². The van der Waals surface area contributed by atoms with E-state index in [-0.39, 0.29) is 33.5 Å². The lowest BCUT2D eigenvalue weighted by molar-refractivity contribution is -0.0719. The quantitative estimate of drug-likeness (QED) is 0.653. The zero-order valence-electron chi connectivity index (χ0n) is 9.23. The van der Waals surface area contributed by atoms with Crippen LogP contribution in [0, 0.1) is 0 Å². The summed E-state index contributed by atoms with van der Waals surface area (Å²) >= 11 is 0. The Balaban J connectivity index is -0.000000202.